The second-order valence-electron chi connectivity index (χ2n) is 10.6. The van der Waals surface area contributed by atoms with Crippen LogP contribution in [0.2, 0.25) is 0 Å². The zero-order valence-electron chi connectivity index (χ0n) is 19.2. The monoisotopic (exact) mass is 453 g/mol. The molecule has 1 amide bonds. The van der Waals surface area contributed by atoms with Gasteiger partial charge in [0.25, 0.3) is 5.92 Å². The Morgan fingerprint density at radius 2 is 1.94 bits per heavy atom. The van der Waals surface area contributed by atoms with E-state index < -0.39 is 11.3 Å². The van der Waals surface area contributed by atoms with Gasteiger partial charge in [0, 0.05) is 24.8 Å². The zero-order valence-corrected chi connectivity index (χ0v) is 19.2. The number of alkyl halides is 2. The van der Waals surface area contributed by atoms with Crippen molar-refractivity contribution in [3.63, 3.8) is 0 Å². The number of carbonyl (C=O) groups is 1. The number of fused-ring (bicyclic) bond motifs is 5. The number of carbonyl (C=O) groups excluding carboxylic acids is 1. The molecule has 0 bridgehead atoms. The van der Waals surface area contributed by atoms with E-state index >= 15 is 8.78 Å². The van der Waals surface area contributed by atoms with Crippen LogP contribution in [-0.2, 0) is 17.8 Å². The third kappa shape index (κ3) is 3.94. The highest BCUT2D eigenvalue weighted by Crippen LogP contribution is 2.68. The van der Waals surface area contributed by atoms with Crippen LogP contribution in [0, 0.1) is 23.2 Å². The predicted molar refractivity (Wildman–Crippen MR) is 124 cm³/mol. The Hall–Kier alpha value is -2.43. The SMILES string of the molecule is C[C@]12CCC3c4ccc(O)cc4CCC3C1C(CCC(=O)NCc1ccccc1)CC2(F)F. The zero-order chi connectivity index (χ0) is 23.2. The molecule has 0 radical (unpaired) electrons. The number of phenolic OH excluding ortho intramolecular Hbond substituents is 1. The lowest BCUT2D eigenvalue weighted by atomic mass is 9.53. The van der Waals surface area contributed by atoms with E-state index in [0.717, 1.165) is 24.8 Å². The van der Waals surface area contributed by atoms with Crippen LogP contribution in [-0.4, -0.2) is 16.9 Å². The number of hydrogen-bond donors (Lipinski definition) is 2. The summed E-state index contributed by atoms with van der Waals surface area (Å²) in [5.74, 6) is -2.20. The molecule has 0 aliphatic heterocycles. The molecule has 2 fully saturated rings. The minimum Gasteiger partial charge on any atom is -0.508 e. The molecule has 5 atom stereocenters. The van der Waals surface area contributed by atoms with Crippen molar-refractivity contribution >= 4 is 5.91 Å². The summed E-state index contributed by atoms with van der Waals surface area (Å²) < 4.78 is 30.8. The first kappa shape index (κ1) is 22.4. The van der Waals surface area contributed by atoms with E-state index in [1.807, 2.05) is 42.5 Å². The largest absolute Gasteiger partial charge is 0.508 e. The number of hydrogen-bond acceptors (Lipinski definition) is 2. The molecular weight excluding hydrogens is 420 g/mol. The van der Waals surface area contributed by atoms with E-state index in [0.29, 0.717) is 25.8 Å². The van der Waals surface area contributed by atoms with Crippen molar-refractivity contribution in [1.82, 2.24) is 5.32 Å². The fourth-order valence-corrected chi connectivity index (χ4v) is 7.29. The summed E-state index contributed by atoms with van der Waals surface area (Å²) in [4.78, 5) is 12.5. The Morgan fingerprint density at radius 3 is 2.73 bits per heavy atom. The summed E-state index contributed by atoms with van der Waals surface area (Å²) in [5, 5.41) is 12.8. The molecule has 0 spiro atoms. The molecule has 0 heterocycles. The quantitative estimate of drug-likeness (QED) is 0.566. The third-order valence-electron chi connectivity index (χ3n) is 8.90. The van der Waals surface area contributed by atoms with Gasteiger partial charge in [-0.1, -0.05) is 43.3 Å². The Labute approximate surface area is 194 Å². The fourth-order valence-electron chi connectivity index (χ4n) is 7.29. The molecule has 2 aromatic rings. The molecule has 5 heteroatoms. The molecule has 0 aromatic heterocycles. The van der Waals surface area contributed by atoms with Gasteiger partial charge in [0.1, 0.15) is 5.75 Å². The lowest BCUT2D eigenvalue weighted by molar-refractivity contribution is -0.133. The second-order valence-corrected chi connectivity index (χ2v) is 10.6. The summed E-state index contributed by atoms with van der Waals surface area (Å²) >= 11 is 0. The molecule has 4 unspecified atom stereocenters. The van der Waals surface area contributed by atoms with E-state index in [2.05, 4.69) is 5.32 Å². The van der Waals surface area contributed by atoms with Crippen LogP contribution < -0.4 is 5.32 Å². The molecule has 176 valence electrons. The van der Waals surface area contributed by atoms with Crippen molar-refractivity contribution in [2.45, 2.75) is 70.3 Å². The summed E-state index contributed by atoms with van der Waals surface area (Å²) in [6, 6.07) is 15.3. The maximum Gasteiger partial charge on any atom is 0.253 e. The number of halogens is 2. The molecule has 33 heavy (non-hydrogen) atoms. The van der Waals surface area contributed by atoms with E-state index in [4.69, 9.17) is 0 Å². The number of rotatable bonds is 5. The van der Waals surface area contributed by atoms with Crippen molar-refractivity contribution < 1.29 is 18.7 Å². The summed E-state index contributed by atoms with van der Waals surface area (Å²) in [5.41, 5.74) is 2.45. The van der Waals surface area contributed by atoms with E-state index in [9.17, 15) is 9.90 Å². The Bertz CT molecular complexity index is 1020. The van der Waals surface area contributed by atoms with Gasteiger partial charge in [0.2, 0.25) is 5.91 Å². The fraction of sp³-hybridized carbons (Fsp3) is 0.536. The molecule has 2 aromatic carbocycles. The van der Waals surface area contributed by atoms with Gasteiger partial charge in [-0.3, -0.25) is 4.79 Å². The maximum absolute atomic E-state index is 15.4. The van der Waals surface area contributed by atoms with E-state index in [1.165, 1.54) is 11.1 Å². The topological polar surface area (TPSA) is 49.3 Å². The normalized spacial score (nSPS) is 31.8. The smallest absolute Gasteiger partial charge is 0.253 e. The van der Waals surface area contributed by atoms with Gasteiger partial charge in [-0.2, -0.15) is 0 Å². The average molecular weight is 454 g/mol. The Kier molecular flexibility index (Phi) is 5.70. The van der Waals surface area contributed by atoms with Gasteiger partial charge < -0.3 is 10.4 Å². The first-order valence-electron chi connectivity index (χ1n) is 12.3. The van der Waals surface area contributed by atoms with Gasteiger partial charge in [-0.05, 0) is 84.6 Å². The lowest BCUT2D eigenvalue weighted by Gasteiger charge is -2.51. The van der Waals surface area contributed by atoms with E-state index in [-0.39, 0.29) is 41.7 Å². The number of phenols is 1. The van der Waals surface area contributed by atoms with Crippen LogP contribution >= 0.6 is 0 Å². The molecule has 3 aliphatic rings. The number of nitrogens with one attached hydrogen (secondary N) is 1. The van der Waals surface area contributed by atoms with Crippen molar-refractivity contribution in [2.24, 2.45) is 23.2 Å². The molecule has 3 nitrogen and oxygen atoms in total. The standard InChI is InChI=1S/C28H33F2NO2/c1-27-14-13-23-22-11-9-21(32)15-19(22)7-10-24(23)26(27)20(16-28(27,29)30)8-12-25(33)31-17-18-5-3-2-4-6-18/h2-6,9,11,15,20,23-24,26,32H,7-8,10,12-14,16-17H2,1H3,(H,31,33)/t20?,23?,24?,26?,27-/m0/s1. The highest BCUT2D eigenvalue weighted by molar-refractivity contribution is 5.75. The summed E-state index contributed by atoms with van der Waals surface area (Å²) in [6.45, 7) is 2.27. The highest BCUT2D eigenvalue weighted by atomic mass is 19.3. The van der Waals surface area contributed by atoms with Gasteiger partial charge >= 0.3 is 0 Å². The van der Waals surface area contributed by atoms with Crippen LogP contribution in [0.25, 0.3) is 0 Å². The average Bonchev–Trinajstić information content (AvgIpc) is 3.01. The van der Waals surface area contributed by atoms with Gasteiger partial charge in [-0.15, -0.1) is 0 Å². The predicted octanol–water partition coefficient (Wildman–Crippen LogP) is 6.21. The minimum atomic E-state index is -2.69. The number of aromatic hydroxyl groups is 1. The van der Waals surface area contributed by atoms with Gasteiger partial charge in [0.15, 0.2) is 0 Å². The Balaban J connectivity index is 1.31. The third-order valence-corrected chi connectivity index (χ3v) is 8.90. The summed E-state index contributed by atoms with van der Waals surface area (Å²) in [7, 11) is 0. The molecular formula is C28H33F2NO2. The maximum atomic E-state index is 15.4. The van der Waals surface area contributed by atoms with Crippen LogP contribution in [0.1, 0.15) is 68.1 Å². The molecule has 2 saturated carbocycles. The minimum absolute atomic E-state index is 0.0624. The van der Waals surface area contributed by atoms with Crippen LogP contribution in [0.15, 0.2) is 48.5 Å². The van der Waals surface area contributed by atoms with Crippen LogP contribution in [0.4, 0.5) is 8.78 Å². The number of aryl methyl sites for hydroxylation is 1. The van der Waals surface area contributed by atoms with E-state index in [1.54, 1.807) is 13.0 Å². The van der Waals surface area contributed by atoms with Crippen LogP contribution in [0.3, 0.4) is 0 Å². The van der Waals surface area contributed by atoms with Gasteiger partial charge in [0.05, 0.1) is 0 Å². The van der Waals surface area contributed by atoms with Crippen LogP contribution in [0.5, 0.6) is 5.75 Å². The number of benzene rings is 2. The second kappa shape index (κ2) is 8.41. The first-order chi connectivity index (χ1) is 15.8. The first-order valence-corrected chi connectivity index (χ1v) is 12.3. The van der Waals surface area contributed by atoms with Crippen molar-refractivity contribution in [1.29, 1.82) is 0 Å². The summed E-state index contributed by atoms with van der Waals surface area (Å²) in [6.07, 6.45) is 3.70. The van der Waals surface area contributed by atoms with Crippen molar-refractivity contribution in [3.8, 4) is 5.75 Å². The Morgan fingerprint density at radius 1 is 1.15 bits per heavy atom. The van der Waals surface area contributed by atoms with Crippen molar-refractivity contribution in [2.75, 3.05) is 0 Å². The number of amides is 1. The molecule has 2 N–H and O–H groups in total. The highest BCUT2D eigenvalue weighted by Gasteiger charge is 2.67. The molecule has 5 rings (SSSR count). The lowest BCUT2D eigenvalue weighted by Crippen LogP contribution is -2.47. The molecule has 3 aliphatic carbocycles. The van der Waals surface area contributed by atoms with Gasteiger partial charge in [-0.25, -0.2) is 8.78 Å². The molecule has 0 saturated heterocycles. The van der Waals surface area contributed by atoms with Crippen molar-refractivity contribution in [3.05, 3.63) is 65.2 Å².